The lowest BCUT2D eigenvalue weighted by atomic mass is 10.1. The van der Waals surface area contributed by atoms with Gasteiger partial charge in [-0.1, -0.05) is 12.1 Å². The minimum Gasteiger partial charge on any atom is -0.496 e. The van der Waals surface area contributed by atoms with Crippen molar-refractivity contribution in [2.75, 3.05) is 13.7 Å². The summed E-state index contributed by atoms with van der Waals surface area (Å²) in [5, 5.41) is 5.92. The van der Waals surface area contributed by atoms with Crippen LogP contribution in [0.4, 0.5) is 0 Å². The molecule has 1 N–H and O–H groups in total. The van der Waals surface area contributed by atoms with Crippen molar-refractivity contribution < 1.29 is 4.74 Å². The summed E-state index contributed by atoms with van der Waals surface area (Å²) in [4.78, 5) is 19.0. The summed E-state index contributed by atoms with van der Waals surface area (Å²) in [5.74, 6) is 0.841. The molecule has 7 heteroatoms. The molecule has 0 unspecified atom stereocenters. The fourth-order valence-corrected chi connectivity index (χ4v) is 4.17. The lowest BCUT2D eigenvalue weighted by molar-refractivity contribution is 0.236. The third-order valence-corrected chi connectivity index (χ3v) is 5.55. The lowest BCUT2D eigenvalue weighted by Crippen LogP contribution is -2.32. The summed E-state index contributed by atoms with van der Waals surface area (Å²) in [5.41, 5.74) is 4.12. The Bertz CT molecular complexity index is 956. The van der Waals surface area contributed by atoms with Crippen molar-refractivity contribution in [2.24, 2.45) is 7.05 Å². The Hall–Kier alpha value is -2.38. The fraction of sp³-hybridized carbons (Fsp3) is 0.333. The molecule has 4 rings (SSSR count). The standard InChI is InChI=1S/C18H20N4O2S/c1-21-15-10-22(8-7-13(15)17(23)20-21)9-12-11-25-18(19-12)14-5-3-4-6-16(14)24-2/h3-6,11H,7-10H2,1-2H3,(H,20,23). The van der Waals surface area contributed by atoms with E-state index in [2.05, 4.69) is 15.4 Å². The maximum absolute atomic E-state index is 11.9. The zero-order valence-electron chi connectivity index (χ0n) is 14.3. The van der Waals surface area contributed by atoms with Gasteiger partial charge in [-0.25, -0.2) is 4.98 Å². The number of nitrogens with one attached hydrogen (secondary N) is 1. The monoisotopic (exact) mass is 356 g/mol. The number of benzene rings is 1. The minimum atomic E-state index is 0.0456. The Morgan fingerprint density at radius 1 is 1.36 bits per heavy atom. The van der Waals surface area contributed by atoms with Crippen molar-refractivity contribution in [3.63, 3.8) is 0 Å². The van der Waals surface area contributed by atoms with Gasteiger partial charge >= 0.3 is 0 Å². The van der Waals surface area contributed by atoms with Crippen LogP contribution >= 0.6 is 11.3 Å². The predicted molar refractivity (Wildman–Crippen MR) is 98.0 cm³/mol. The first kappa shape index (κ1) is 16.1. The van der Waals surface area contributed by atoms with Gasteiger partial charge in [0.05, 0.1) is 24.1 Å². The van der Waals surface area contributed by atoms with Crippen LogP contribution in [-0.4, -0.2) is 33.3 Å². The second-order valence-corrected chi connectivity index (χ2v) is 7.09. The molecule has 3 heterocycles. The van der Waals surface area contributed by atoms with E-state index in [9.17, 15) is 4.79 Å². The molecule has 2 aromatic heterocycles. The van der Waals surface area contributed by atoms with E-state index in [1.165, 1.54) is 0 Å². The van der Waals surface area contributed by atoms with Crippen molar-refractivity contribution in [3.05, 3.63) is 57.0 Å². The van der Waals surface area contributed by atoms with Crippen LogP contribution in [0, 0.1) is 0 Å². The molecule has 0 spiro atoms. The minimum absolute atomic E-state index is 0.0456. The molecule has 0 aliphatic carbocycles. The van der Waals surface area contributed by atoms with E-state index in [0.717, 1.165) is 59.3 Å². The van der Waals surface area contributed by atoms with Crippen LogP contribution in [0.1, 0.15) is 17.0 Å². The van der Waals surface area contributed by atoms with E-state index < -0.39 is 0 Å². The van der Waals surface area contributed by atoms with Gasteiger partial charge < -0.3 is 4.74 Å². The average molecular weight is 356 g/mol. The van der Waals surface area contributed by atoms with Crippen molar-refractivity contribution in [1.29, 1.82) is 0 Å². The summed E-state index contributed by atoms with van der Waals surface area (Å²) < 4.78 is 7.27. The average Bonchev–Trinajstić information content (AvgIpc) is 3.20. The highest BCUT2D eigenvalue weighted by Crippen LogP contribution is 2.32. The molecular weight excluding hydrogens is 336 g/mol. The van der Waals surface area contributed by atoms with Crippen LogP contribution in [-0.2, 0) is 26.6 Å². The van der Waals surface area contributed by atoms with Gasteiger partial charge in [0.15, 0.2) is 0 Å². The second-order valence-electron chi connectivity index (χ2n) is 6.23. The molecule has 0 saturated carbocycles. The highest BCUT2D eigenvalue weighted by molar-refractivity contribution is 7.13. The predicted octanol–water partition coefficient (Wildman–Crippen LogP) is 2.40. The highest BCUT2D eigenvalue weighted by atomic mass is 32.1. The molecule has 25 heavy (non-hydrogen) atoms. The lowest BCUT2D eigenvalue weighted by Gasteiger charge is -2.26. The first-order valence-electron chi connectivity index (χ1n) is 8.22. The zero-order chi connectivity index (χ0) is 17.4. The Kier molecular flexibility index (Phi) is 4.19. The molecule has 1 aliphatic rings. The molecule has 0 bridgehead atoms. The molecule has 3 aromatic rings. The second kappa shape index (κ2) is 6.50. The van der Waals surface area contributed by atoms with E-state index in [1.807, 2.05) is 36.0 Å². The van der Waals surface area contributed by atoms with E-state index >= 15 is 0 Å². The summed E-state index contributed by atoms with van der Waals surface area (Å²) in [6.45, 7) is 2.43. The maximum Gasteiger partial charge on any atom is 0.267 e. The van der Waals surface area contributed by atoms with Crippen LogP contribution in [0.2, 0.25) is 0 Å². The van der Waals surface area contributed by atoms with Gasteiger partial charge in [0.2, 0.25) is 0 Å². The molecule has 1 aromatic carbocycles. The summed E-state index contributed by atoms with van der Waals surface area (Å²) in [6, 6.07) is 7.94. The normalized spacial score (nSPS) is 14.5. The van der Waals surface area contributed by atoms with Gasteiger partial charge in [-0.3, -0.25) is 19.5 Å². The third-order valence-electron chi connectivity index (χ3n) is 4.62. The smallest absolute Gasteiger partial charge is 0.267 e. The van der Waals surface area contributed by atoms with Gasteiger partial charge in [0.1, 0.15) is 10.8 Å². The number of aromatic nitrogens is 3. The largest absolute Gasteiger partial charge is 0.496 e. The van der Waals surface area contributed by atoms with E-state index in [0.29, 0.717) is 0 Å². The molecule has 1 aliphatic heterocycles. The molecule has 0 amide bonds. The number of hydrogen-bond donors (Lipinski definition) is 1. The molecule has 6 nitrogen and oxygen atoms in total. The Balaban J connectivity index is 1.52. The van der Waals surface area contributed by atoms with Crippen LogP contribution in [0.25, 0.3) is 10.6 Å². The van der Waals surface area contributed by atoms with E-state index in [1.54, 1.807) is 18.4 Å². The molecule has 0 fully saturated rings. The van der Waals surface area contributed by atoms with Crippen LogP contribution in [0.3, 0.4) is 0 Å². The first-order valence-corrected chi connectivity index (χ1v) is 9.10. The van der Waals surface area contributed by atoms with Crippen molar-refractivity contribution in [1.82, 2.24) is 19.7 Å². The Morgan fingerprint density at radius 2 is 2.20 bits per heavy atom. The van der Waals surface area contributed by atoms with Crippen LogP contribution < -0.4 is 10.3 Å². The summed E-state index contributed by atoms with van der Waals surface area (Å²) in [6.07, 6.45) is 0.787. The number of para-hydroxylation sites is 1. The SMILES string of the molecule is COc1ccccc1-c1nc(CN2CCc3c(n(C)[nH]c3=O)C2)cs1. The van der Waals surface area contributed by atoms with E-state index in [-0.39, 0.29) is 5.56 Å². The number of aromatic amines is 1. The molecule has 0 atom stereocenters. The number of H-pyrrole nitrogens is 1. The van der Waals surface area contributed by atoms with Gasteiger partial charge in [-0.05, 0) is 18.6 Å². The number of methoxy groups -OCH3 is 1. The van der Waals surface area contributed by atoms with Crippen LogP contribution in [0.5, 0.6) is 5.75 Å². The number of nitrogens with zero attached hydrogens (tertiary/aromatic N) is 3. The van der Waals surface area contributed by atoms with Gasteiger partial charge in [0.25, 0.3) is 5.56 Å². The highest BCUT2D eigenvalue weighted by Gasteiger charge is 2.23. The first-order chi connectivity index (χ1) is 12.2. The molecular formula is C18H20N4O2S. The third kappa shape index (κ3) is 3.01. The van der Waals surface area contributed by atoms with Crippen molar-refractivity contribution in [3.8, 4) is 16.3 Å². The van der Waals surface area contributed by atoms with Crippen molar-refractivity contribution in [2.45, 2.75) is 19.5 Å². The van der Waals surface area contributed by atoms with Gasteiger partial charge in [-0.2, -0.15) is 0 Å². The zero-order valence-corrected chi connectivity index (χ0v) is 15.1. The number of hydrogen-bond acceptors (Lipinski definition) is 5. The Labute approximate surface area is 149 Å². The topological polar surface area (TPSA) is 63.1 Å². The number of ether oxygens (including phenoxy) is 1. The molecule has 130 valence electrons. The van der Waals surface area contributed by atoms with Crippen LogP contribution in [0.15, 0.2) is 34.4 Å². The Morgan fingerprint density at radius 3 is 3.04 bits per heavy atom. The number of fused-ring (bicyclic) bond motifs is 1. The number of aryl methyl sites for hydroxylation is 1. The van der Waals surface area contributed by atoms with E-state index in [4.69, 9.17) is 9.72 Å². The summed E-state index contributed by atoms with van der Waals surface area (Å²) >= 11 is 1.63. The number of rotatable bonds is 4. The fourth-order valence-electron chi connectivity index (χ4n) is 3.33. The quantitative estimate of drug-likeness (QED) is 0.780. The summed E-state index contributed by atoms with van der Waals surface area (Å²) in [7, 11) is 3.58. The molecule has 0 radical (unpaired) electrons. The van der Waals surface area contributed by atoms with Crippen molar-refractivity contribution >= 4 is 11.3 Å². The number of thiazole rings is 1. The molecule has 0 saturated heterocycles. The van der Waals surface area contributed by atoms with Gasteiger partial charge in [-0.15, -0.1) is 11.3 Å². The maximum atomic E-state index is 11.9. The van der Waals surface area contributed by atoms with Gasteiger partial charge in [0, 0.05) is 37.6 Å².